The molecule has 2 aromatic heterocycles. The minimum Gasteiger partial charge on any atom is -0.382 e. The number of pyridine rings is 1. The van der Waals surface area contributed by atoms with Gasteiger partial charge in [-0.25, -0.2) is 9.97 Å². The summed E-state index contributed by atoms with van der Waals surface area (Å²) in [6.07, 6.45) is 1.73. The van der Waals surface area contributed by atoms with Crippen LogP contribution in [0, 0.1) is 6.92 Å². The molecule has 0 aliphatic rings. The van der Waals surface area contributed by atoms with Crippen molar-refractivity contribution in [2.75, 3.05) is 26.6 Å². The first-order valence-corrected chi connectivity index (χ1v) is 5.75. The van der Waals surface area contributed by atoms with E-state index < -0.39 is 0 Å². The van der Waals surface area contributed by atoms with Crippen molar-refractivity contribution in [2.24, 2.45) is 0 Å². The Morgan fingerprint density at radius 2 is 2.22 bits per heavy atom. The fraction of sp³-hybridized carbons (Fsp3) is 0.500. The molecule has 0 saturated heterocycles. The first-order valence-electron chi connectivity index (χ1n) is 5.75. The van der Waals surface area contributed by atoms with Crippen molar-refractivity contribution in [3.8, 4) is 0 Å². The second-order valence-electron chi connectivity index (χ2n) is 4.25. The molecule has 1 atom stereocenters. The molecule has 0 saturated carbocycles. The van der Waals surface area contributed by atoms with E-state index in [0.717, 1.165) is 16.7 Å². The molecule has 18 heavy (non-hydrogen) atoms. The highest BCUT2D eigenvalue weighted by molar-refractivity contribution is 5.74. The molecule has 0 radical (unpaired) electrons. The number of aryl methyl sites for hydroxylation is 1. The van der Waals surface area contributed by atoms with Crippen LogP contribution in [-0.4, -0.2) is 41.5 Å². The minimum absolute atomic E-state index is 0.0715. The number of fused-ring (bicyclic) bond motifs is 1. The Morgan fingerprint density at radius 3 is 2.89 bits per heavy atom. The predicted molar refractivity (Wildman–Crippen MR) is 69.4 cm³/mol. The quantitative estimate of drug-likeness (QED) is 0.856. The molecule has 2 heterocycles. The molecule has 1 unspecified atom stereocenters. The van der Waals surface area contributed by atoms with E-state index in [1.165, 1.54) is 0 Å². The van der Waals surface area contributed by atoms with Gasteiger partial charge in [-0.05, 0) is 18.6 Å². The third-order valence-corrected chi connectivity index (χ3v) is 2.82. The Balaban J connectivity index is 2.34. The normalized spacial score (nSPS) is 13.1. The highest BCUT2D eigenvalue weighted by Crippen LogP contribution is 2.17. The summed E-state index contributed by atoms with van der Waals surface area (Å²) in [5.41, 5.74) is 8.56. The van der Waals surface area contributed by atoms with Crippen molar-refractivity contribution in [3.63, 3.8) is 0 Å². The zero-order valence-corrected chi connectivity index (χ0v) is 10.9. The summed E-state index contributed by atoms with van der Waals surface area (Å²) < 4.78 is 12.3. The Bertz CT molecular complexity index is 538. The molecular weight excluding hydrogens is 232 g/mol. The molecule has 0 fully saturated rings. The smallest absolute Gasteiger partial charge is 0.202 e. The second-order valence-corrected chi connectivity index (χ2v) is 4.25. The van der Waals surface area contributed by atoms with E-state index >= 15 is 0 Å². The topological polar surface area (TPSA) is 75.2 Å². The lowest BCUT2D eigenvalue weighted by molar-refractivity contribution is 0.0192. The van der Waals surface area contributed by atoms with Crippen LogP contribution in [0.15, 0.2) is 12.3 Å². The number of hydrogen-bond donors (Lipinski definition) is 1. The van der Waals surface area contributed by atoms with Crippen LogP contribution in [0.2, 0.25) is 0 Å². The number of hydrogen-bond acceptors (Lipinski definition) is 5. The fourth-order valence-electron chi connectivity index (χ4n) is 1.89. The highest BCUT2D eigenvalue weighted by Gasteiger charge is 2.14. The number of aromatic nitrogens is 3. The van der Waals surface area contributed by atoms with Crippen LogP contribution in [-0.2, 0) is 16.0 Å². The van der Waals surface area contributed by atoms with Crippen molar-refractivity contribution in [2.45, 2.75) is 19.6 Å². The van der Waals surface area contributed by atoms with Gasteiger partial charge in [0.2, 0.25) is 5.95 Å². The molecule has 0 aromatic carbocycles. The van der Waals surface area contributed by atoms with Crippen LogP contribution < -0.4 is 5.73 Å². The number of nitrogens with two attached hydrogens (primary N) is 1. The molecule has 2 aromatic rings. The highest BCUT2D eigenvalue weighted by atomic mass is 16.5. The lowest BCUT2D eigenvalue weighted by atomic mass is 10.3. The van der Waals surface area contributed by atoms with Gasteiger partial charge >= 0.3 is 0 Å². The van der Waals surface area contributed by atoms with Crippen LogP contribution in [0.1, 0.15) is 5.56 Å². The van der Waals surface area contributed by atoms with Gasteiger partial charge in [0, 0.05) is 20.4 Å². The third kappa shape index (κ3) is 2.44. The molecular formula is C12H18N4O2. The molecule has 0 amide bonds. The average Bonchev–Trinajstić information content (AvgIpc) is 2.64. The summed E-state index contributed by atoms with van der Waals surface area (Å²) in [5, 5.41) is 0. The molecule has 98 valence electrons. The predicted octanol–water partition coefficient (Wildman–Crippen LogP) is 0.983. The number of nitrogen functional groups attached to an aromatic ring is 1. The van der Waals surface area contributed by atoms with Crippen molar-refractivity contribution in [1.82, 2.24) is 14.5 Å². The van der Waals surface area contributed by atoms with E-state index in [2.05, 4.69) is 9.97 Å². The van der Waals surface area contributed by atoms with E-state index in [0.29, 0.717) is 19.1 Å². The van der Waals surface area contributed by atoms with E-state index in [9.17, 15) is 0 Å². The summed E-state index contributed by atoms with van der Waals surface area (Å²) in [4.78, 5) is 8.68. The van der Waals surface area contributed by atoms with Crippen LogP contribution in [0.5, 0.6) is 0 Å². The maximum absolute atomic E-state index is 5.92. The fourth-order valence-corrected chi connectivity index (χ4v) is 1.89. The molecule has 0 aliphatic carbocycles. The summed E-state index contributed by atoms with van der Waals surface area (Å²) >= 11 is 0. The van der Waals surface area contributed by atoms with Gasteiger partial charge in [-0.15, -0.1) is 0 Å². The van der Waals surface area contributed by atoms with Crippen LogP contribution in [0.3, 0.4) is 0 Å². The van der Waals surface area contributed by atoms with Gasteiger partial charge < -0.3 is 15.2 Å². The molecule has 0 spiro atoms. The lowest BCUT2D eigenvalue weighted by Gasteiger charge is -2.15. The van der Waals surface area contributed by atoms with Crippen molar-refractivity contribution < 1.29 is 9.47 Å². The average molecular weight is 250 g/mol. The van der Waals surface area contributed by atoms with Gasteiger partial charge in [-0.2, -0.15) is 0 Å². The number of imidazole rings is 1. The van der Waals surface area contributed by atoms with Crippen LogP contribution >= 0.6 is 0 Å². The summed E-state index contributed by atoms with van der Waals surface area (Å²) in [5.74, 6) is 0.446. The van der Waals surface area contributed by atoms with Gasteiger partial charge in [-0.1, -0.05) is 0 Å². The number of nitrogens with zero attached hydrogens (tertiary/aromatic N) is 3. The molecule has 0 bridgehead atoms. The first-order chi connectivity index (χ1) is 8.65. The minimum atomic E-state index is -0.0715. The van der Waals surface area contributed by atoms with Crippen molar-refractivity contribution in [3.05, 3.63) is 17.8 Å². The van der Waals surface area contributed by atoms with Crippen molar-refractivity contribution >= 4 is 17.1 Å². The van der Waals surface area contributed by atoms with E-state index in [1.54, 1.807) is 20.4 Å². The summed E-state index contributed by atoms with van der Waals surface area (Å²) in [7, 11) is 3.29. The molecule has 2 rings (SSSR count). The van der Waals surface area contributed by atoms with Gasteiger partial charge in [-0.3, -0.25) is 4.57 Å². The summed E-state index contributed by atoms with van der Waals surface area (Å²) in [6.45, 7) is 3.05. The largest absolute Gasteiger partial charge is 0.382 e. The monoisotopic (exact) mass is 250 g/mol. The SMILES string of the molecule is COCC(Cn1c(N)nc2cc(C)cnc21)OC. The maximum atomic E-state index is 5.92. The number of rotatable bonds is 5. The molecule has 2 N–H and O–H groups in total. The summed E-state index contributed by atoms with van der Waals surface area (Å²) in [6, 6.07) is 1.97. The molecule has 0 aliphatic heterocycles. The van der Waals surface area contributed by atoms with Gasteiger partial charge in [0.15, 0.2) is 5.65 Å². The van der Waals surface area contributed by atoms with Crippen LogP contribution in [0.25, 0.3) is 11.2 Å². The Morgan fingerprint density at radius 1 is 1.44 bits per heavy atom. The molecule has 6 heteroatoms. The second kappa shape index (κ2) is 5.32. The number of anilines is 1. The van der Waals surface area contributed by atoms with Gasteiger partial charge in [0.25, 0.3) is 0 Å². The third-order valence-electron chi connectivity index (χ3n) is 2.82. The van der Waals surface area contributed by atoms with E-state index in [-0.39, 0.29) is 6.10 Å². The first kappa shape index (κ1) is 12.8. The Labute approximate surface area is 106 Å². The van der Waals surface area contributed by atoms with Crippen LogP contribution in [0.4, 0.5) is 5.95 Å². The van der Waals surface area contributed by atoms with Crippen molar-refractivity contribution in [1.29, 1.82) is 0 Å². The standard InChI is InChI=1S/C12H18N4O2/c1-8-4-10-11(14-5-8)16(12(13)15-10)6-9(18-3)7-17-2/h4-5,9H,6-7H2,1-3H3,(H2,13,15). The van der Waals surface area contributed by atoms with Gasteiger partial charge in [0.1, 0.15) is 5.52 Å². The number of methoxy groups -OCH3 is 2. The van der Waals surface area contributed by atoms with E-state index in [1.807, 2.05) is 17.6 Å². The Kier molecular flexibility index (Phi) is 3.78. The molecule has 6 nitrogen and oxygen atoms in total. The zero-order valence-electron chi connectivity index (χ0n) is 10.9. The van der Waals surface area contributed by atoms with Gasteiger partial charge in [0.05, 0.1) is 19.3 Å². The van der Waals surface area contributed by atoms with E-state index in [4.69, 9.17) is 15.2 Å². The zero-order chi connectivity index (χ0) is 13.1. The lowest BCUT2D eigenvalue weighted by Crippen LogP contribution is -2.24. The maximum Gasteiger partial charge on any atom is 0.202 e. The number of ether oxygens (including phenoxy) is 2. The Hall–Kier alpha value is -1.66.